The number of hydrogen-bond donors (Lipinski definition) is 0. The van der Waals surface area contributed by atoms with E-state index in [0.29, 0.717) is 0 Å². The van der Waals surface area contributed by atoms with Gasteiger partial charge in [-0.1, -0.05) is 13.5 Å². The van der Waals surface area contributed by atoms with Crippen molar-refractivity contribution >= 4 is 9.84 Å². The van der Waals surface area contributed by atoms with E-state index in [-0.39, 0.29) is 12.4 Å². The highest BCUT2D eigenvalue weighted by Crippen LogP contribution is 2.34. The zero-order chi connectivity index (χ0) is 7.83. The molecule has 0 saturated carbocycles. The Hall–Kier alpha value is -0.350. The van der Waals surface area contributed by atoms with Crippen molar-refractivity contribution in [3.63, 3.8) is 0 Å². The third-order valence-electron chi connectivity index (χ3n) is 1.65. The number of hydrogen-bond acceptors (Lipinski definition) is 3. The van der Waals surface area contributed by atoms with E-state index in [1.54, 1.807) is 6.92 Å². The molecular weight excluding hydrogens is 152 g/mol. The van der Waals surface area contributed by atoms with Gasteiger partial charge in [0.25, 0.3) is 0 Å². The SMILES string of the molecule is C=CC1(S(=O)(=O)CC)CO1. The lowest BCUT2D eigenvalue weighted by Crippen LogP contribution is -2.23. The Balaban J connectivity index is 2.93. The van der Waals surface area contributed by atoms with Crippen molar-refractivity contribution in [2.24, 2.45) is 0 Å². The highest BCUT2D eigenvalue weighted by Gasteiger charge is 2.53. The molecule has 0 spiro atoms. The van der Waals surface area contributed by atoms with Crippen molar-refractivity contribution in [1.82, 2.24) is 0 Å². The smallest absolute Gasteiger partial charge is 0.210 e. The van der Waals surface area contributed by atoms with Crippen LogP contribution >= 0.6 is 0 Å². The summed E-state index contributed by atoms with van der Waals surface area (Å²) >= 11 is 0. The van der Waals surface area contributed by atoms with Gasteiger partial charge in [0.05, 0.1) is 12.4 Å². The van der Waals surface area contributed by atoms with Gasteiger partial charge < -0.3 is 4.74 Å². The molecule has 58 valence electrons. The molecule has 0 aromatic heterocycles. The summed E-state index contributed by atoms with van der Waals surface area (Å²) in [5, 5.41) is 0. The highest BCUT2D eigenvalue weighted by molar-refractivity contribution is 7.93. The fraction of sp³-hybridized carbons (Fsp3) is 0.667. The minimum absolute atomic E-state index is 0.110. The van der Waals surface area contributed by atoms with Crippen LogP contribution in [-0.2, 0) is 14.6 Å². The maximum Gasteiger partial charge on any atom is 0.210 e. The normalized spacial score (nSPS) is 31.7. The second-order valence-corrected chi connectivity index (χ2v) is 4.71. The maximum absolute atomic E-state index is 11.1. The van der Waals surface area contributed by atoms with Crippen LogP contribution < -0.4 is 0 Å². The quantitative estimate of drug-likeness (QED) is 0.444. The van der Waals surface area contributed by atoms with Gasteiger partial charge in [0.1, 0.15) is 0 Å². The van der Waals surface area contributed by atoms with Crippen LogP contribution in [-0.4, -0.2) is 25.7 Å². The van der Waals surface area contributed by atoms with E-state index >= 15 is 0 Å². The summed E-state index contributed by atoms with van der Waals surface area (Å²) in [5.41, 5.74) is 0. The molecule has 1 aliphatic rings. The predicted octanol–water partition coefficient (Wildman–Crippen LogP) is 0.334. The molecule has 3 nitrogen and oxygen atoms in total. The van der Waals surface area contributed by atoms with Crippen LogP contribution in [0.25, 0.3) is 0 Å². The summed E-state index contributed by atoms with van der Waals surface area (Å²) in [5.74, 6) is 0.110. The van der Waals surface area contributed by atoms with Crippen molar-refractivity contribution < 1.29 is 13.2 Å². The lowest BCUT2D eigenvalue weighted by atomic mass is 10.5. The largest absolute Gasteiger partial charge is 0.349 e. The van der Waals surface area contributed by atoms with Crippen LogP contribution in [0.5, 0.6) is 0 Å². The molecule has 0 aromatic carbocycles. The summed E-state index contributed by atoms with van der Waals surface area (Å²) in [4.78, 5) is -1.03. The Morgan fingerprint density at radius 1 is 1.80 bits per heavy atom. The molecule has 0 aliphatic carbocycles. The lowest BCUT2D eigenvalue weighted by Gasteiger charge is -2.03. The summed E-state index contributed by atoms with van der Waals surface area (Å²) in [6, 6.07) is 0. The van der Waals surface area contributed by atoms with E-state index in [1.165, 1.54) is 6.08 Å². The zero-order valence-electron chi connectivity index (χ0n) is 5.83. The number of rotatable bonds is 3. The summed E-state index contributed by atoms with van der Waals surface area (Å²) < 4.78 is 27.0. The van der Waals surface area contributed by atoms with Crippen molar-refractivity contribution in [3.05, 3.63) is 12.7 Å². The van der Waals surface area contributed by atoms with Crippen LogP contribution in [0.1, 0.15) is 6.92 Å². The van der Waals surface area contributed by atoms with E-state index in [4.69, 9.17) is 4.74 Å². The van der Waals surface area contributed by atoms with Crippen molar-refractivity contribution in [3.8, 4) is 0 Å². The zero-order valence-corrected chi connectivity index (χ0v) is 6.65. The fourth-order valence-electron chi connectivity index (χ4n) is 0.740. The number of sulfone groups is 1. The predicted molar refractivity (Wildman–Crippen MR) is 38.3 cm³/mol. The minimum atomic E-state index is -3.08. The van der Waals surface area contributed by atoms with Gasteiger partial charge in [-0.05, 0) is 6.08 Å². The highest BCUT2D eigenvalue weighted by atomic mass is 32.2. The number of ether oxygens (including phenoxy) is 1. The standard InChI is InChI=1S/C6H10O3S/c1-3-6(5-9-6)10(7,8)4-2/h3H,1,4-5H2,2H3. The van der Waals surface area contributed by atoms with Gasteiger partial charge in [-0.15, -0.1) is 0 Å². The fourth-order valence-corrected chi connectivity index (χ4v) is 1.90. The maximum atomic E-state index is 11.1. The van der Waals surface area contributed by atoms with Gasteiger partial charge in [-0.25, -0.2) is 8.42 Å². The van der Waals surface area contributed by atoms with Crippen molar-refractivity contribution in [1.29, 1.82) is 0 Å². The molecule has 10 heavy (non-hydrogen) atoms. The molecule has 1 saturated heterocycles. The van der Waals surface area contributed by atoms with Crippen LogP contribution in [0, 0.1) is 0 Å². The average molecular weight is 162 g/mol. The lowest BCUT2D eigenvalue weighted by molar-refractivity contribution is 0.405. The molecule has 0 amide bonds. The summed E-state index contributed by atoms with van der Waals surface area (Å²) in [6.45, 7) is 5.27. The Morgan fingerprint density at radius 2 is 2.30 bits per heavy atom. The average Bonchev–Trinajstić information content (AvgIpc) is 2.67. The molecule has 1 aliphatic heterocycles. The van der Waals surface area contributed by atoms with Gasteiger partial charge in [0.15, 0.2) is 9.84 Å². The molecular formula is C6H10O3S. The van der Waals surface area contributed by atoms with Gasteiger partial charge >= 0.3 is 0 Å². The second kappa shape index (κ2) is 2.07. The van der Waals surface area contributed by atoms with Gasteiger partial charge in [0, 0.05) is 0 Å². The Kier molecular flexibility index (Phi) is 1.60. The first-order valence-corrected chi connectivity index (χ1v) is 4.73. The molecule has 1 atom stereocenters. The molecule has 0 radical (unpaired) electrons. The minimum Gasteiger partial charge on any atom is -0.349 e. The van der Waals surface area contributed by atoms with Gasteiger partial charge in [-0.3, -0.25) is 0 Å². The van der Waals surface area contributed by atoms with Crippen molar-refractivity contribution in [2.75, 3.05) is 12.4 Å². The van der Waals surface area contributed by atoms with Gasteiger partial charge in [-0.2, -0.15) is 0 Å². The first kappa shape index (κ1) is 7.75. The van der Waals surface area contributed by atoms with Gasteiger partial charge in [0.2, 0.25) is 4.93 Å². The first-order valence-electron chi connectivity index (χ1n) is 3.08. The van der Waals surface area contributed by atoms with Crippen LogP contribution in [0.15, 0.2) is 12.7 Å². The molecule has 1 fully saturated rings. The van der Waals surface area contributed by atoms with E-state index in [1.807, 2.05) is 0 Å². The molecule has 0 aromatic rings. The third-order valence-corrected chi connectivity index (χ3v) is 3.86. The topological polar surface area (TPSA) is 46.7 Å². The summed E-state index contributed by atoms with van der Waals surface area (Å²) in [7, 11) is -3.08. The monoisotopic (exact) mass is 162 g/mol. The first-order chi connectivity index (χ1) is 4.58. The van der Waals surface area contributed by atoms with Crippen LogP contribution in [0.2, 0.25) is 0 Å². The molecule has 4 heteroatoms. The Labute approximate surface area is 60.6 Å². The van der Waals surface area contributed by atoms with E-state index in [0.717, 1.165) is 0 Å². The Morgan fingerprint density at radius 3 is 2.40 bits per heavy atom. The molecule has 0 bridgehead atoms. The van der Waals surface area contributed by atoms with Crippen LogP contribution in [0.4, 0.5) is 0 Å². The van der Waals surface area contributed by atoms with E-state index in [9.17, 15) is 8.42 Å². The van der Waals surface area contributed by atoms with Crippen LogP contribution in [0.3, 0.4) is 0 Å². The molecule has 0 N–H and O–H groups in total. The Bertz CT molecular complexity index is 236. The molecule has 1 rings (SSSR count). The number of epoxide rings is 1. The van der Waals surface area contributed by atoms with E-state index < -0.39 is 14.8 Å². The molecule has 1 heterocycles. The van der Waals surface area contributed by atoms with Crippen molar-refractivity contribution in [2.45, 2.75) is 11.9 Å². The third kappa shape index (κ3) is 0.876. The summed E-state index contributed by atoms with van der Waals surface area (Å²) in [6.07, 6.45) is 1.35. The van der Waals surface area contributed by atoms with E-state index in [2.05, 4.69) is 6.58 Å². The molecule has 1 unspecified atom stereocenters. The second-order valence-electron chi connectivity index (χ2n) is 2.21.